The lowest BCUT2D eigenvalue weighted by Crippen LogP contribution is -2.05. The SMILES string of the molecule is [C-]#[N+]/C(=C\C=C1\C=C(c2ccccc2)C=C(c2ccccc2)O1)C(=O)OCC. The number of hydrogen-bond donors (Lipinski definition) is 0. The number of rotatable bonds is 5. The highest BCUT2D eigenvalue weighted by atomic mass is 16.5. The van der Waals surface area contributed by atoms with E-state index in [9.17, 15) is 4.79 Å². The summed E-state index contributed by atoms with van der Waals surface area (Å²) < 4.78 is 10.9. The summed E-state index contributed by atoms with van der Waals surface area (Å²) in [4.78, 5) is 15.1. The summed E-state index contributed by atoms with van der Waals surface area (Å²) in [6, 6.07) is 19.7. The van der Waals surface area contributed by atoms with Crippen molar-refractivity contribution in [3.05, 3.63) is 119 Å². The molecule has 0 unspecified atom stereocenters. The second-order valence-electron chi connectivity index (χ2n) is 5.90. The molecule has 4 heteroatoms. The molecule has 0 N–H and O–H groups in total. The highest BCUT2D eigenvalue weighted by molar-refractivity contribution is 5.91. The highest BCUT2D eigenvalue weighted by Crippen LogP contribution is 2.31. The summed E-state index contributed by atoms with van der Waals surface area (Å²) in [5.41, 5.74) is 2.87. The number of ether oxygens (including phenoxy) is 2. The van der Waals surface area contributed by atoms with Crippen LogP contribution in [-0.2, 0) is 14.3 Å². The van der Waals surface area contributed by atoms with Crippen LogP contribution in [0.25, 0.3) is 16.2 Å². The van der Waals surface area contributed by atoms with Crippen LogP contribution < -0.4 is 0 Å². The number of carbonyl (C=O) groups excluding carboxylic acids is 1. The van der Waals surface area contributed by atoms with Crippen LogP contribution in [0.4, 0.5) is 0 Å². The summed E-state index contributed by atoms with van der Waals surface area (Å²) in [6.07, 6.45) is 6.90. The number of nitrogens with zero attached hydrogens (tertiary/aromatic N) is 1. The molecular weight excluding hydrogens is 350 g/mol. The van der Waals surface area contributed by atoms with Gasteiger partial charge in [-0.3, -0.25) is 4.79 Å². The Morgan fingerprint density at radius 1 is 1.04 bits per heavy atom. The van der Waals surface area contributed by atoms with E-state index in [1.807, 2.05) is 72.8 Å². The number of hydrogen-bond acceptors (Lipinski definition) is 3. The number of allylic oxidation sites excluding steroid dienone is 5. The van der Waals surface area contributed by atoms with Crippen molar-refractivity contribution < 1.29 is 14.3 Å². The van der Waals surface area contributed by atoms with Gasteiger partial charge in [0.2, 0.25) is 0 Å². The minimum Gasteiger partial charge on any atom is -0.471 e. The minimum atomic E-state index is -0.642. The lowest BCUT2D eigenvalue weighted by molar-refractivity contribution is -0.138. The third-order valence-electron chi connectivity index (χ3n) is 3.99. The molecule has 0 aromatic heterocycles. The van der Waals surface area contributed by atoms with Gasteiger partial charge in [0, 0.05) is 5.56 Å². The van der Waals surface area contributed by atoms with E-state index in [2.05, 4.69) is 4.85 Å². The Kier molecular flexibility index (Phi) is 6.22. The van der Waals surface area contributed by atoms with Crippen molar-refractivity contribution in [1.82, 2.24) is 0 Å². The molecule has 0 aliphatic carbocycles. The van der Waals surface area contributed by atoms with Gasteiger partial charge in [-0.05, 0) is 42.4 Å². The zero-order valence-corrected chi connectivity index (χ0v) is 15.5. The van der Waals surface area contributed by atoms with E-state index >= 15 is 0 Å². The monoisotopic (exact) mass is 369 g/mol. The quantitative estimate of drug-likeness (QED) is 0.403. The molecule has 1 aliphatic rings. The fourth-order valence-electron chi connectivity index (χ4n) is 2.66. The van der Waals surface area contributed by atoms with Gasteiger partial charge in [-0.1, -0.05) is 60.7 Å². The molecule has 138 valence electrons. The van der Waals surface area contributed by atoms with Gasteiger partial charge in [-0.15, -0.1) is 0 Å². The molecule has 1 heterocycles. The third-order valence-corrected chi connectivity index (χ3v) is 3.99. The van der Waals surface area contributed by atoms with Gasteiger partial charge < -0.3 is 9.47 Å². The second-order valence-corrected chi connectivity index (χ2v) is 5.90. The first kappa shape index (κ1) is 18.9. The number of carbonyl (C=O) groups is 1. The van der Waals surface area contributed by atoms with Crippen molar-refractivity contribution in [3.63, 3.8) is 0 Å². The summed E-state index contributed by atoms with van der Waals surface area (Å²) in [6.45, 7) is 9.12. The molecule has 0 saturated heterocycles. The zero-order chi connectivity index (χ0) is 19.8. The smallest absolute Gasteiger partial charge is 0.336 e. The average Bonchev–Trinajstić information content (AvgIpc) is 2.75. The highest BCUT2D eigenvalue weighted by Gasteiger charge is 2.15. The Labute approximate surface area is 164 Å². The maximum atomic E-state index is 11.8. The summed E-state index contributed by atoms with van der Waals surface area (Å²) in [5.74, 6) is 0.587. The van der Waals surface area contributed by atoms with Gasteiger partial charge in [0.1, 0.15) is 11.5 Å². The van der Waals surface area contributed by atoms with Crippen molar-refractivity contribution in [2.45, 2.75) is 6.92 Å². The largest absolute Gasteiger partial charge is 0.471 e. The summed E-state index contributed by atoms with van der Waals surface area (Å²) >= 11 is 0. The summed E-state index contributed by atoms with van der Waals surface area (Å²) in [5, 5.41) is 0. The Morgan fingerprint density at radius 3 is 2.29 bits per heavy atom. The van der Waals surface area contributed by atoms with E-state index in [0.29, 0.717) is 11.5 Å². The molecule has 0 atom stereocenters. The molecule has 28 heavy (non-hydrogen) atoms. The van der Waals surface area contributed by atoms with Gasteiger partial charge in [-0.2, -0.15) is 0 Å². The van der Waals surface area contributed by atoms with Crippen molar-refractivity contribution in [2.75, 3.05) is 6.61 Å². The topological polar surface area (TPSA) is 39.9 Å². The first-order chi connectivity index (χ1) is 13.7. The van der Waals surface area contributed by atoms with Crippen molar-refractivity contribution in [2.24, 2.45) is 0 Å². The van der Waals surface area contributed by atoms with Crippen LogP contribution in [0.2, 0.25) is 0 Å². The Hall–Kier alpha value is -3.84. The molecule has 0 radical (unpaired) electrons. The van der Waals surface area contributed by atoms with Crippen LogP contribution in [-0.4, -0.2) is 12.6 Å². The maximum Gasteiger partial charge on any atom is 0.336 e. The molecule has 0 spiro atoms. The molecule has 0 fully saturated rings. The molecular formula is C24H19NO3. The predicted octanol–water partition coefficient (Wildman–Crippen LogP) is 5.39. The Morgan fingerprint density at radius 2 is 1.68 bits per heavy atom. The molecule has 3 rings (SSSR count). The van der Waals surface area contributed by atoms with Crippen molar-refractivity contribution in [3.8, 4) is 0 Å². The first-order valence-corrected chi connectivity index (χ1v) is 8.90. The molecule has 2 aromatic rings. The third kappa shape index (κ3) is 4.66. The van der Waals surface area contributed by atoms with Crippen LogP contribution in [0.5, 0.6) is 0 Å². The molecule has 0 bridgehead atoms. The van der Waals surface area contributed by atoms with Crippen molar-refractivity contribution in [1.29, 1.82) is 0 Å². The van der Waals surface area contributed by atoms with Gasteiger partial charge in [0.15, 0.2) is 0 Å². The van der Waals surface area contributed by atoms with E-state index in [4.69, 9.17) is 16.0 Å². The zero-order valence-electron chi connectivity index (χ0n) is 15.5. The van der Waals surface area contributed by atoms with Crippen LogP contribution in [0, 0.1) is 6.57 Å². The van der Waals surface area contributed by atoms with Crippen LogP contribution in [0.3, 0.4) is 0 Å². The normalized spacial score (nSPS) is 15.1. The number of benzene rings is 2. The van der Waals surface area contributed by atoms with Crippen LogP contribution in [0.15, 0.2) is 96.4 Å². The van der Waals surface area contributed by atoms with E-state index in [1.165, 1.54) is 6.08 Å². The van der Waals surface area contributed by atoms with E-state index in [-0.39, 0.29) is 12.3 Å². The van der Waals surface area contributed by atoms with Gasteiger partial charge in [0.05, 0.1) is 13.2 Å². The first-order valence-electron chi connectivity index (χ1n) is 8.90. The number of esters is 1. The standard InChI is InChI=1S/C24H19NO3/c1-3-27-24(26)22(25-2)15-14-21-16-20(18-10-6-4-7-11-18)17-23(28-21)19-12-8-5-9-13-19/h4-17H,3H2,1H3/b21-14-,22-15-. The predicted molar refractivity (Wildman–Crippen MR) is 109 cm³/mol. The minimum absolute atomic E-state index is 0.0941. The molecule has 1 aliphatic heterocycles. The molecule has 0 saturated carbocycles. The van der Waals surface area contributed by atoms with E-state index in [1.54, 1.807) is 13.0 Å². The van der Waals surface area contributed by atoms with E-state index in [0.717, 1.165) is 16.7 Å². The second kappa shape index (κ2) is 9.20. The molecule has 0 amide bonds. The Bertz CT molecular complexity index is 1010. The lowest BCUT2D eigenvalue weighted by atomic mass is 10.0. The lowest BCUT2D eigenvalue weighted by Gasteiger charge is -2.18. The van der Waals surface area contributed by atoms with Crippen LogP contribution in [0.1, 0.15) is 18.1 Å². The average molecular weight is 369 g/mol. The fourth-order valence-corrected chi connectivity index (χ4v) is 2.66. The molecule has 4 nitrogen and oxygen atoms in total. The molecule has 2 aromatic carbocycles. The Balaban J connectivity index is 2.00. The van der Waals surface area contributed by atoms with Crippen LogP contribution >= 0.6 is 0 Å². The van der Waals surface area contributed by atoms with Gasteiger partial charge >= 0.3 is 5.97 Å². The van der Waals surface area contributed by atoms with Gasteiger partial charge in [-0.25, -0.2) is 4.85 Å². The van der Waals surface area contributed by atoms with E-state index < -0.39 is 5.97 Å². The summed E-state index contributed by atoms with van der Waals surface area (Å²) in [7, 11) is 0. The maximum absolute atomic E-state index is 11.8. The fraction of sp³-hybridized carbons (Fsp3) is 0.0833. The van der Waals surface area contributed by atoms with Crippen molar-refractivity contribution >= 4 is 17.3 Å². The van der Waals surface area contributed by atoms with Gasteiger partial charge in [0.25, 0.3) is 5.70 Å².